The largest absolute Gasteiger partial charge is 0.357 e. The van der Waals surface area contributed by atoms with Crippen LogP contribution < -0.4 is 11.1 Å². The minimum absolute atomic E-state index is 0.578. The number of hydrogen-bond donors (Lipinski definition) is 3. The number of nitrogens with one attached hydrogen (secondary N) is 2. The zero-order chi connectivity index (χ0) is 21.4. The summed E-state index contributed by atoms with van der Waals surface area (Å²) in [5.41, 5.74) is 7.73. The number of fused-ring (bicyclic) bond motifs is 1. The Bertz CT molecular complexity index is 624. The summed E-state index contributed by atoms with van der Waals surface area (Å²) in [6.45, 7) is 6.52. The summed E-state index contributed by atoms with van der Waals surface area (Å²) in [5.74, 6) is 0.961. The third-order valence-electron chi connectivity index (χ3n) is 6.66. The number of nitrogens with two attached hydrogens (primary N) is 1. The Kier molecular flexibility index (Phi) is 12.9. The first-order chi connectivity index (χ1) is 14.7. The average Bonchev–Trinajstić information content (AvgIpc) is 3.22. The van der Waals surface area contributed by atoms with Gasteiger partial charge in [0.05, 0.1) is 0 Å². The maximum absolute atomic E-state index is 5.48. The van der Waals surface area contributed by atoms with Gasteiger partial charge in [-0.3, -0.25) is 0 Å². The topological polar surface area (TPSA) is 53.8 Å². The van der Waals surface area contributed by atoms with Gasteiger partial charge in [0, 0.05) is 23.8 Å². The van der Waals surface area contributed by atoms with Gasteiger partial charge in [0.25, 0.3) is 0 Å². The second kappa shape index (κ2) is 15.5. The predicted molar refractivity (Wildman–Crippen MR) is 133 cm³/mol. The molecule has 0 spiro atoms. The standard InChI is InChI=1S/C18H37N.C9H10N2/c1-3-4-5-6-7-8-9-13-16-19-17(2)18-14-11-10-12-15-18;10-6-8-5-7-3-1-2-4-9(7)11-8/h17-19H,3-16H2,1-2H3;1-5,11H,6,10H2. The molecule has 0 radical (unpaired) electrons. The van der Waals surface area contributed by atoms with Crippen LogP contribution >= 0.6 is 0 Å². The minimum atomic E-state index is 0.578. The van der Waals surface area contributed by atoms with Crippen LogP contribution in [-0.4, -0.2) is 17.6 Å². The molecule has 4 N–H and O–H groups in total. The van der Waals surface area contributed by atoms with E-state index in [1.807, 2.05) is 12.1 Å². The van der Waals surface area contributed by atoms with Crippen LogP contribution in [0.2, 0.25) is 0 Å². The Morgan fingerprint density at radius 1 is 0.967 bits per heavy atom. The van der Waals surface area contributed by atoms with Crippen LogP contribution in [0.25, 0.3) is 10.9 Å². The van der Waals surface area contributed by atoms with Crippen molar-refractivity contribution in [2.75, 3.05) is 6.54 Å². The van der Waals surface area contributed by atoms with Crippen LogP contribution in [-0.2, 0) is 6.54 Å². The van der Waals surface area contributed by atoms with Gasteiger partial charge in [-0.15, -0.1) is 0 Å². The highest BCUT2D eigenvalue weighted by molar-refractivity contribution is 5.80. The summed E-state index contributed by atoms with van der Waals surface area (Å²) in [6, 6.07) is 11.0. The fourth-order valence-electron chi connectivity index (χ4n) is 4.63. The number of unbranched alkanes of at least 4 members (excludes halogenated alkanes) is 7. The van der Waals surface area contributed by atoms with Crippen molar-refractivity contribution in [3.05, 3.63) is 36.0 Å². The summed E-state index contributed by atoms with van der Waals surface area (Å²) in [5, 5.41) is 4.99. The van der Waals surface area contributed by atoms with Gasteiger partial charge in [0.15, 0.2) is 0 Å². The van der Waals surface area contributed by atoms with Crippen LogP contribution in [0.1, 0.15) is 103 Å². The van der Waals surface area contributed by atoms with E-state index in [9.17, 15) is 0 Å². The molecule has 1 atom stereocenters. The lowest BCUT2D eigenvalue weighted by Gasteiger charge is -2.28. The first-order valence-corrected chi connectivity index (χ1v) is 12.7. The summed E-state index contributed by atoms with van der Waals surface area (Å²) in [7, 11) is 0. The highest BCUT2D eigenvalue weighted by Gasteiger charge is 2.18. The molecule has 1 heterocycles. The van der Waals surface area contributed by atoms with Crippen molar-refractivity contribution in [1.29, 1.82) is 0 Å². The highest BCUT2D eigenvalue weighted by atomic mass is 14.9. The summed E-state index contributed by atoms with van der Waals surface area (Å²) < 4.78 is 0. The highest BCUT2D eigenvalue weighted by Crippen LogP contribution is 2.26. The predicted octanol–water partition coefficient (Wildman–Crippen LogP) is 7.31. The third kappa shape index (κ3) is 9.66. The summed E-state index contributed by atoms with van der Waals surface area (Å²) >= 11 is 0. The van der Waals surface area contributed by atoms with Crippen LogP contribution in [0.4, 0.5) is 0 Å². The van der Waals surface area contributed by atoms with Crippen LogP contribution in [0.15, 0.2) is 30.3 Å². The molecule has 30 heavy (non-hydrogen) atoms. The molecular formula is C27H47N3. The Morgan fingerprint density at radius 3 is 2.30 bits per heavy atom. The molecule has 0 aliphatic heterocycles. The SMILES string of the molecule is CCCCCCCCCCNC(C)C1CCCCC1.NCc1cc2ccccc2[nH]1. The first-order valence-electron chi connectivity index (χ1n) is 12.7. The van der Waals surface area contributed by atoms with Crippen molar-refractivity contribution in [2.45, 2.75) is 110 Å². The molecule has 1 fully saturated rings. The molecule has 0 saturated heterocycles. The number of rotatable bonds is 12. The van der Waals surface area contributed by atoms with Gasteiger partial charge in [-0.2, -0.15) is 0 Å². The fourth-order valence-corrected chi connectivity index (χ4v) is 4.63. The van der Waals surface area contributed by atoms with Crippen LogP contribution in [0.5, 0.6) is 0 Å². The molecule has 0 amide bonds. The number of hydrogen-bond acceptors (Lipinski definition) is 2. The van der Waals surface area contributed by atoms with Gasteiger partial charge in [0.2, 0.25) is 0 Å². The Balaban J connectivity index is 0.000000244. The Morgan fingerprint density at radius 2 is 1.63 bits per heavy atom. The lowest BCUT2D eigenvalue weighted by molar-refractivity contribution is 0.280. The lowest BCUT2D eigenvalue weighted by Crippen LogP contribution is -2.35. The zero-order valence-corrected chi connectivity index (χ0v) is 19.7. The van der Waals surface area contributed by atoms with Crippen LogP contribution in [0.3, 0.4) is 0 Å². The fraction of sp³-hybridized carbons (Fsp3) is 0.704. The molecule has 170 valence electrons. The number of para-hydroxylation sites is 1. The van der Waals surface area contributed by atoms with Crippen molar-refractivity contribution in [1.82, 2.24) is 10.3 Å². The van der Waals surface area contributed by atoms with E-state index in [0.717, 1.165) is 23.2 Å². The van der Waals surface area contributed by atoms with Gasteiger partial charge in [0.1, 0.15) is 0 Å². The molecule has 1 saturated carbocycles. The van der Waals surface area contributed by atoms with E-state index in [2.05, 4.69) is 42.3 Å². The molecule has 1 aliphatic carbocycles. The maximum atomic E-state index is 5.48. The second-order valence-electron chi connectivity index (χ2n) is 9.20. The Labute approximate surface area is 185 Å². The van der Waals surface area contributed by atoms with E-state index in [-0.39, 0.29) is 0 Å². The van der Waals surface area contributed by atoms with E-state index < -0.39 is 0 Å². The van der Waals surface area contributed by atoms with Crippen molar-refractivity contribution < 1.29 is 0 Å². The third-order valence-corrected chi connectivity index (χ3v) is 6.66. The van der Waals surface area contributed by atoms with Gasteiger partial charge in [-0.1, -0.05) is 89.3 Å². The van der Waals surface area contributed by atoms with E-state index in [0.29, 0.717) is 6.54 Å². The first kappa shape index (κ1) is 24.9. The van der Waals surface area contributed by atoms with E-state index in [4.69, 9.17) is 5.73 Å². The van der Waals surface area contributed by atoms with Crippen molar-refractivity contribution in [3.63, 3.8) is 0 Å². The van der Waals surface area contributed by atoms with E-state index >= 15 is 0 Å². The minimum Gasteiger partial charge on any atom is -0.357 e. The molecule has 3 rings (SSSR count). The molecule has 3 heteroatoms. The van der Waals surface area contributed by atoms with Crippen molar-refractivity contribution >= 4 is 10.9 Å². The molecule has 1 aromatic heterocycles. The monoisotopic (exact) mass is 413 g/mol. The van der Waals surface area contributed by atoms with E-state index in [1.165, 1.54) is 95.4 Å². The quantitative estimate of drug-likeness (QED) is 0.319. The average molecular weight is 414 g/mol. The molecule has 1 aliphatic rings. The molecule has 1 aromatic carbocycles. The Hall–Kier alpha value is -1.32. The molecular weight excluding hydrogens is 366 g/mol. The second-order valence-corrected chi connectivity index (χ2v) is 9.20. The summed E-state index contributed by atoms with van der Waals surface area (Å²) in [4.78, 5) is 3.22. The van der Waals surface area contributed by atoms with Gasteiger partial charge < -0.3 is 16.0 Å². The molecule has 3 nitrogen and oxygen atoms in total. The molecule has 1 unspecified atom stereocenters. The van der Waals surface area contributed by atoms with Crippen molar-refractivity contribution in [2.24, 2.45) is 11.7 Å². The number of benzene rings is 1. The van der Waals surface area contributed by atoms with Gasteiger partial charge in [-0.25, -0.2) is 0 Å². The zero-order valence-electron chi connectivity index (χ0n) is 19.7. The number of aromatic nitrogens is 1. The molecule has 0 bridgehead atoms. The lowest BCUT2D eigenvalue weighted by atomic mass is 9.84. The molecule has 2 aromatic rings. The van der Waals surface area contributed by atoms with Gasteiger partial charge >= 0.3 is 0 Å². The van der Waals surface area contributed by atoms with Gasteiger partial charge in [-0.05, 0) is 56.2 Å². The maximum Gasteiger partial charge on any atom is 0.0456 e. The summed E-state index contributed by atoms with van der Waals surface area (Å²) in [6.07, 6.45) is 18.8. The van der Waals surface area contributed by atoms with E-state index in [1.54, 1.807) is 0 Å². The van der Waals surface area contributed by atoms with Crippen LogP contribution in [0, 0.1) is 5.92 Å². The normalized spacial score (nSPS) is 15.7. The smallest absolute Gasteiger partial charge is 0.0456 e. The van der Waals surface area contributed by atoms with Crippen molar-refractivity contribution in [3.8, 4) is 0 Å². The number of aromatic amines is 1. The number of H-pyrrole nitrogens is 1.